The zero-order chi connectivity index (χ0) is 22.0. The molecule has 1 atom stereocenters. The fourth-order valence-corrected chi connectivity index (χ4v) is 2.67. The van der Waals surface area contributed by atoms with Crippen LogP contribution in [-0.4, -0.2) is 42.6 Å². The Hall–Kier alpha value is -2.77. The van der Waals surface area contributed by atoms with E-state index in [2.05, 4.69) is 12.2 Å². The van der Waals surface area contributed by atoms with Crippen molar-refractivity contribution >= 4 is 18.2 Å². The lowest BCUT2D eigenvalue weighted by atomic mass is 10.1. The highest BCUT2D eigenvalue weighted by Crippen LogP contribution is 2.08. The van der Waals surface area contributed by atoms with Crippen molar-refractivity contribution in [3.63, 3.8) is 0 Å². The molecular weight excluding hydrogens is 390 g/mol. The average molecular weight is 424 g/mol. The molecule has 0 radical (unpaired) electrons. The molecular formula is C22H33NO7. The second-order valence-electron chi connectivity index (χ2n) is 6.98. The number of amides is 1. The summed E-state index contributed by atoms with van der Waals surface area (Å²) in [6.45, 7) is 1.85. The molecule has 0 heterocycles. The van der Waals surface area contributed by atoms with Gasteiger partial charge in [0, 0.05) is 0 Å². The Labute approximate surface area is 177 Å². The summed E-state index contributed by atoms with van der Waals surface area (Å²) in [6.07, 6.45) is 7.09. The predicted octanol–water partition coefficient (Wildman–Crippen LogP) is 4.66. The third-order valence-electron chi connectivity index (χ3n) is 4.39. The monoisotopic (exact) mass is 423 g/mol. The molecule has 0 fully saturated rings. The normalized spacial score (nSPS) is 11.4. The molecule has 0 saturated heterocycles. The third kappa shape index (κ3) is 12.6. The molecule has 0 saturated carbocycles. The molecule has 0 aliphatic rings. The minimum Gasteiger partial charge on any atom is -0.480 e. The first-order chi connectivity index (χ1) is 14.5. The standard InChI is InChI=1S/C22H33NO7/c1-2-3-4-5-6-7-8-12-15-28-22(27)30-17-19(20(24)25)23-21(26)29-16-18-13-10-9-11-14-18/h9-11,13-14,19H,2-8,12,15-17H2,1H3,(H,23,26)(H,24,25). The number of hydrogen-bond acceptors (Lipinski definition) is 6. The number of carboxylic acids is 1. The van der Waals surface area contributed by atoms with E-state index < -0.39 is 30.9 Å². The second kappa shape index (κ2) is 16.1. The fourth-order valence-electron chi connectivity index (χ4n) is 2.67. The molecule has 168 valence electrons. The maximum Gasteiger partial charge on any atom is 0.508 e. The number of unbranched alkanes of at least 4 members (excludes halogenated alkanes) is 7. The number of carbonyl (C=O) groups is 3. The van der Waals surface area contributed by atoms with E-state index in [1.165, 1.54) is 32.1 Å². The maximum absolute atomic E-state index is 11.8. The first-order valence-corrected chi connectivity index (χ1v) is 10.5. The molecule has 1 unspecified atom stereocenters. The second-order valence-corrected chi connectivity index (χ2v) is 6.98. The van der Waals surface area contributed by atoms with Crippen LogP contribution in [0, 0.1) is 0 Å². The Morgan fingerprint density at radius 2 is 1.53 bits per heavy atom. The van der Waals surface area contributed by atoms with Gasteiger partial charge in [0.2, 0.25) is 0 Å². The molecule has 30 heavy (non-hydrogen) atoms. The Morgan fingerprint density at radius 1 is 0.900 bits per heavy atom. The summed E-state index contributed by atoms with van der Waals surface area (Å²) in [7, 11) is 0. The van der Waals surface area contributed by atoms with E-state index in [0.717, 1.165) is 24.8 Å². The molecule has 2 N–H and O–H groups in total. The van der Waals surface area contributed by atoms with Gasteiger partial charge in [-0.15, -0.1) is 0 Å². The predicted molar refractivity (Wildman–Crippen MR) is 111 cm³/mol. The van der Waals surface area contributed by atoms with Gasteiger partial charge < -0.3 is 24.6 Å². The molecule has 8 heteroatoms. The number of nitrogens with one attached hydrogen (secondary N) is 1. The number of rotatable bonds is 15. The Balaban J connectivity index is 2.15. The van der Waals surface area contributed by atoms with Gasteiger partial charge in [-0.25, -0.2) is 14.4 Å². The van der Waals surface area contributed by atoms with Crippen LogP contribution in [-0.2, 0) is 25.6 Å². The number of benzene rings is 1. The Kier molecular flexibility index (Phi) is 13.5. The lowest BCUT2D eigenvalue weighted by Crippen LogP contribution is -2.44. The van der Waals surface area contributed by atoms with Gasteiger partial charge >= 0.3 is 18.2 Å². The van der Waals surface area contributed by atoms with Crippen LogP contribution in [0.5, 0.6) is 0 Å². The van der Waals surface area contributed by atoms with Crippen molar-refractivity contribution in [1.82, 2.24) is 5.32 Å². The van der Waals surface area contributed by atoms with E-state index in [9.17, 15) is 14.4 Å². The van der Waals surface area contributed by atoms with Gasteiger partial charge in [0.25, 0.3) is 0 Å². The van der Waals surface area contributed by atoms with Crippen molar-refractivity contribution in [2.45, 2.75) is 70.9 Å². The number of aliphatic carboxylic acids is 1. The summed E-state index contributed by atoms with van der Waals surface area (Å²) in [6, 6.07) is 7.54. The van der Waals surface area contributed by atoms with Crippen molar-refractivity contribution in [2.75, 3.05) is 13.2 Å². The molecule has 1 amide bonds. The fraction of sp³-hybridized carbons (Fsp3) is 0.591. The smallest absolute Gasteiger partial charge is 0.480 e. The van der Waals surface area contributed by atoms with Crippen LogP contribution < -0.4 is 5.32 Å². The molecule has 1 rings (SSSR count). The highest BCUT2D eigenvalue weighted by molar-refractivity contribution is 5.80. The van der Waals surface area contributed by atoms with E-state index in [0.29, 0.717) is 0 Å². The van der Waals surface area contributed by atoms with Crippen molar-refractivity contribution in [3.05, 3.63) is 35.9 Å². The van der Waals surface area contributed by atoms with Crippen LogP contribution in [0.3, 0.4) is 0 Å². The summed E-state index contributed by atoms with van der Waals surface area (Å²) in [5.74, 6) is -1.34. The summed E-state index contributed by atoms with van der Waals surface area (Å²) >= 11 is 0. The van der Waals surface area contributed by atoms with E-state index in [1.54, 1.807) is 24.3 Å². The average Bonchev–Trinajstić information content (AvgIpc) is 2.74. The van der Waals surface area contributed by atoms with E-state index in [4.69, 9.17) is 19.3 Å². The van der Waals surface area contributed by atoms with Crippen LogP contribution in [0.25, 0.3) is 0 Å². The van der Waals surface area contributed by atoms with Crippen LogP contribution in [0.1, 0.15) is 63.9 Å². The van der Waals surface area contributed by atoms with Crippen LogP contribution >= 0.6 is 0 Å². The van der Waals surface area contributed by atoms with Gasteiger partial charge in [0.05, 0.1) is 6.61 Å². The maximum atomic E-state index is 11.8. The highest BCUT2D eigenvalue weighted by Gasteiger charge is 2.23. The van der Waals surface area contributed by atoms with Gasteiger partial charge in [-0.3, -0.25) is 0 Å². The van der Waals surface area contributed by atoms with Gasteiger partial charge in [-0.05, 0) is 12.0 Å². The molecule has 0 bridgehead atoms. The van der Waals surface area contributed by atoms with Gasteiger partial charge in [-0.1, -0.05) is 82.2 Å². The quantitative estimate of drug-likeness (QED) is 0.312. The molecule has 0 aliphatic heterocycles. The van der Waals surface area contributed by atoms with Crippen molar-refractivity contribution < 1.29 is 33.7 Å². The largest absolute Gasteiger partial charge is 0.508 e. The first-order valence-electron chi connectivity index (χ1n) is 10.5. The minimum absolute atomic E-state index is 0.000511. The molecule has 1 aromatic rings. The Morgan fingerprint density at radius 3 is 2.17 bits per heavy atom. The lowest BCUT2D eigenvalue weighted by Gasteiger charge is -2.14. The zero-order valence-corrected chi connectivity index (χ0v) is 17.6. The number of alkyl carbamates (subject to hydrolysis) is 1. The summed E-state index contributed by atoms with van der Waals surface area (Å²) in [5.41, 5.74) is 0.764. The Bertz CT molecular complexity index is 621. The summed E-state index contributed by atoms with van der Waals surface area (Å²) in [4.78, 5) is 34.6. The highest BCUT2D eigenvalue weighted by atomic mass is 16.7. The lowest BCUT2D eigenvalue weighted by molar-refractivity contribution is -0.140. The van der Waals surface area contributed by atoms with Crippen molar-refractivity contribution in [3.8, 4) is 0 Å². The molecule has 0 aromatic heterocycles. The van der Waals surface area contributed by atoms with Crippen molar-refractivity contribution in [1.29, 1.82) is 0 Å². The number of ether oxygens (including phenoxy) is 3. The zero-order valence-electron chi connectivity index (χ0n) is 17.6. The number of hydrogen-bond donors (Lipinski definition) is 2. The summed E-state index contributed by atoms with van der Waals surface area (Å²) in [5, 5.41) is 11.3. The van der Waals surface area contributed by atoms with E-state index >= 15 is 0 Å². The first kappa shape index (κ1) is 25.3. The van der Waals surface area contributed by atoms with E-state index in [-0.39, 0.29) is 13.2 Å². The molecule has 8 nitrogen and oxygen atoms in total. The topological polar surface area (TPSA) is 111 Å². The molecule has 0 aliphatic carbocycles. The third-order valence-corrected chi connectivity index (χ3v) is 4.39. The van der Waals surface area contributed by atoms with Crippen LogP contribution in [0.4, 0.5) is 9.59 Å². The van der Waals surface area contributed by atoms with Gasteiger partial charge in [0.1, 0.15) is 13.2 Å². The summed E-state index contributed by atoms with van der Waals surface area (Å²) < 4.78 is 14.7. The molecule has 1 aromatic carbocycles. The van der Waals surface area contributed by atoms with Gasteiger partial charge in [0.15, 0.2) is 6.04 Å². The van der Waals surface area contributed by atoms with Crippen molar-refractivity contribution in [2.24, 2.45) is 0 Å². The SMILES string of the molecule is CCCCCCCCCCOC(=O)OCC(NC(=O)OCc1ccccc1)C(=O)O. The van der Waals surface area contributed by atoms with Gasteiger partial charge in [-0.2, -0.15) is 0 Å². The minimum atomic E-state index is -1.43. The van der Waals surface area contributed by atoms with E-state index in [1.807, 2.05) is 6.07 Å². The number of carbonyl (C=O) groups excluding carboxylic acids is 2. The van der Waals surface area contributed by atoms with Crippen LogP contribution in [0.2, 0.25) is 0 Å². The number of carboxylic acid groups (broad SMARTS) is 1. The van der Waals surface area contributed by atoms with Crippen LogP contribution in [0.15, 0.2) is 30.3 Å². The molecule has 0 spiro atoms.